The van der Waals surface area contributed by atoms with E-state index in [9.17, 15) is 0 Å². The molecule has 3 heteroatoms. The SMILES string of the molecule is CCCCCC(C)(C)CN=C1NC(C)C(C)CS1. The third-order valence-electron chi connectivity index (χ3n) is 3.80. The zero-order chi connectivity index (χ0) is 13.6. The van der Waals surface area contributed by atoms with Crippen LogP contribution in [0.25, 0.3) is 0 Å². The Kier molecular flexibility index (Phi) is 6.54. The number of aliphatic imine (C=N–C) groups is 1. The Morgan fingerprint density at radius 2 is 2.06 bits per heavy atom. The second-order valence-electron chi connectivity index (χ2n) is 6.46. The molecule has 0 spiro atoms. The zero-order valence-corrected chi connectivity index (χ0v) is 13.6. The van der Waals surface area contributed by atoms with Gasteiger partial charge in [-0.25, -0.2) is 0 Å². The lowest BCUT2D eigenvalue weighted by Gasteiger charge is -2.29. The number of nitrogens with zero attached hydrogens (tertiary/aromatic N) is 1. The molecular weight excluding hydrogens is 240 g/mol. The van der Waals surface area contributed by atoms with Crippen LogP contribution in [0.4, 0.5) is 0 Å². The first-order valence-electron chi connectivity index (χ1n) is 7.38. The van der Waals surface area contributed by atoms with Crippen molar-refractivity contribution in [2.75, 3.05) is 12.3 Å². The highest BCUT2D eigenvalue weighted by Crippen LogP contribution is 2.25. The largest absolute Gasteiger partial charge is 0.362 e. The van der Waals surface area contributed by atoms with Crippen LogP contribution >= 0.6 is 11.8 Å². The molecule has 2 unspecified atom stereocenters. The monoisotopic (exact) mass is 270 g/mol. The fraction of sp³-hybridized carbons (Fsp3) is 0.933. The molecule has 1 aliphatic rings. The van der Waals surface area contributed by atoms with E-state index in [-0.39, 0.29) is 0 Å². The highest BCUT2D eigenvalue weighted by atomic mass is 32.2. The lowest BCUT2D eigenvalue weighted by molar-refractivity contribution is 0.333. The molecule has 18 heavy (non-hydrogen) atoms. The normalized spacial score (nSPS) is 27.3. The van der Waals surface area contributed by atoms with Crippen LogP contribution in [0.1, 0.15) is 60.3 Å². The van der Waals surface area contributed by atoms with Crippen molar-refractivity contribution >= 4 is 16.9 Å². The van der Waals surface area contributed by atoms with E-state index in [0.29, 0.717) is 11.5 Å². The highest BCUT2D eigenvalue weighted by Gasteiger charge is 2.22. The van der Waals surface area contributed by atoms with Gasteiger partial charge in [0.25, 0.3) is 0 Å². The van der Waals surface area contributed by atoms with Crippen LogP contribution in [-0.2, 0) is 0 Å². The summed E-state index contributed by atoms with van der Waals surface area (Å²) in [5, 5.41) is 4.68. The highest BCUT2D eigenvalue weighted by molar-refractivity contribution is 8.13. The number of unbranched alkanes of at least 4 members (excludes halogenated alkanes) is 2. The molecule has 0 aromatic carbocycles. The quantitative estimate of drug-likeness (QED) is 0.727. The fourth-order valence-corrected chi connectivity index (χ4v) is 3.18. The fourth-order valence-electron chi connectivity index (χ4n) is 2.04. The smallest absolute Gasteiger partial charge is 0.156 e. The lowest BCUT2D eigenvalue weighted by atomic mass is 9.87. The zero-order valence-electron chi connectivity index (χ0n) is 12.8. The molecule has 0 aromatic heterocycles. The average Bonchev–Trinajstić information content (AvgIpc) is 2.31. The van der Waals surface area contributed by atoms with Crippen LogP contribution in [0.5, 0.6) is 0 Å². The summed E-state index contributed by atoms with van der Waals surface area (Å²) in [7, 11) is 0. The van der Waals surface area contributed by atoms with E-state index >= 15 is 0 Å². The van der Waals surface area contributed by atoms with Crippen molar-refractivity contribution in [3.8, 4) is 0 Å². The van der Waals surface area contributed by atoms with Gasteiger partial charge in [0.2, 0.25) is 0 Å². The summed E-state index contributed by atoms with van der Waals surface area (Å²) >= 11 is 1.88. The standard InChI is InChI=1S/C15H30N2S/c1-6-7-8-9-15(4,5)11-16-14-17-13(3)12(2)10-18-14/h12-13H,6-11H2,1-5H3,(H,16,17). The van der Waals surface area contributed by atoms with E-state index in [4.69, 9.17) is 4.99 Å². The number of nitrogens with one attached hydrogen (secondary N) is 1. The second kappa shape index (κ2) is 7.42. The van der Waals surface area contributed by atoms with Crippen molar-refractivity contribution in [3.05, 3.63) is 0 Å². The summed E-state index contributed by atoms with van der Waals surface area (Å²) in [5.41, 5.74) is 0.344. The first-order chi connectivity index (χ1) is 8.44. The summed E-state index contributed by atoms with van der Waals surface area (Å²) in [5.74, 6) is 1.94. The summed E-state index contributed by atoms with van der Waals surface area (Å²) < 4.78 is 0. The first-order valence-corrected chi connectivity index (χ1v) is 8.37. The van der Waals surface area contributed by atoms with Crippen molar-refractivity contribution < 1.29 is 0 Å². The molecule has 2 nitrogen and oxygen atoms in total. The van der Waals surface area contributed by atoms with Crippen molar-refractivity contribution in [2.24, 2.45) is 16.3 Å². The van der Waals surface area contributed by atoms with Gasteiger partial charge in [-0.05, 0) is 24.7 Å². The molecule has 0 aliphatic carbocycles. The van der Waals surface area contributed by atoms with Gasteiger partial charge < -0.3 is 5.32 Å². The summed E-state index contributed by atoms with van der Waals surface area (Å²) in [6.07, 6.45) is 5.27. The summed E-state index contributed by atoms with van der Waals surface area (Å²) in [6, 6.07) is 0.563. The van der Waals surface area contributed by atoms with Gasteiger partial charge >= 0.3 is 0 Å². The molecule has 1 saturated heterocycles. The van der Waals surface area contributed by atoms with Gasteiger partial charge in [-0.2, -0.15) is 0 Å². The van der Waals surface area contributed by atoms with Gasteiger partial charge in [0.1, 0.15) is 0 Å². The molecule has 0 saturated carbocycles. The molecule has 1 fully saturated rings. The van der Waals surface area contributed by atoms with Crippen molar-refractivity contribution in [3.63, 3.8) is 0 Å². The predicted octanol–water partition coefficient (Wildman–Crippen LogP) is 4.31. The molecular formula is C15H30N2S. The number of hydrogen-bond acceptors (Lipinski definition) is 2. The molecule has 0 radical (unpaired) electrons. The minimum Gasteiger partial charge on any atom is -0.362 e. The average molecular weight is 270 g/mol. The Hall–Kier alpha value is -0.180. The van der Waals surface area contributed by atoms with Gasteiger partial charge in [-0.3, -0.25) is 4.99 Å². The number of hydrogen-bond donors (Lipinski definition) is 1. The van der Waals surface area contributed by atoms with Crippen LogP contribution in [0.2, 0.25) is 0 Å². The summed E-state index contributed by atoms with van der Waals surface area (Å²) in [6.45, 7) is 12.5. The molecule has 0 bridgehead atoms. The third kappa shape index (κ3) is 5.64. The second-order valence-corrected chi connectivity index (χ2v) is 7.47. The van der Waals surface area contributed by atoms with Crippen molar-refractivity contribution in [1.82, 2.24) is 5.32 Å². The summed E-state index contributed by atoms with van der Waals surface area (Å²) in [4.78, 5) is 4.79. The van der Waals surface area contributed by atoms with Gasteiger partial charge in [0, 0.05) is 18.3 Å². The molecule has 0 amide bonds. The van der Waals surface area contributed by atoms with Gasteiger partial charge in [-0.15, -0.1) is 0 Å². The number of rotatable bonds is 6. The molecule has 1 heterocycles. The molecule has 1 aliphatic heterocycles. The van der Waals surface area contributed by atoms with Crippen LogP contribution in [0.3, 0.4) is 0 Å². The molecule has 0 aromatic rings. The maximum atomic E-state index is 4.79. The lowest BCUT2D eigenvalue weighted by Crippen LogP contribution is -2.41. The minimum atomic E-state index is 0.344. The Labute approximate surface area is 117 Å². The van der Waals surface area contributed by atoms with Crippen LogP contribution < -0.4 is 5.32 Å². The maximum Gasteiger partial charge on any atom is 0.156 e. The van der Waals surface area contributed by atoms with Gasteiger partial charge in [0.15, 0.2) is 5.17 Å². The maximum absolute atomic E-state index is 4.79. The van der Waals surface area contributed by atoms with E-state index in [1.165, 1.54) is 31.4 Å². The molecule has 1 N–H and O–H groups in total. The Balaban J connectivity index is 2.37. The Bertz CT molecular complexity index is 274. The van der Waals surface area contributed by atoms with E-state index in [1.807, 2.05) is 11.8 Å². The topological polar surface area (TPSA) is 24.4 Å². The number of amidine groups is 1. The predicted molar refractivity (Wildman–Crippen MR) is 84.4 cm³/mol. The minimum absolute atomic E-state index is 0.344. The van der Waals surface area contributed by atoms with Gasteiger partial charge in [0.05, 0.1) is 0 Å². The van der Waals surface area contributed by atoms with E-state index in [2.05, 4.69) is 39.9 Å². The van der Waals surface area contributed by atoms with Gasteiger partial charge in [-0.1, -0.05) is 58.7 Å². The van der Waals surface area contributed by atoms with E-state index < -0.39 is 0 Å². The molecule has 1 rings (SSSR count). The Morgan fingerprint density at radius 1 is 1.33 bits per heavy atom. The van der Waals surface area contributed by atoms with E-state index in [0.717, 1.165) is 17.6 Å². The van der Waals surface area contributed by atoms with Crippen LogP contribution in [0.15, 0.2) is 4.99 Å². The van der Waals surface area contributed by atoms with Crippen molar-refractivity contribution in [1.29, 1.82) is 0 Å². The van der Waals surface area contributed by atoms with Crippen molar-refractivity contribution in [2.45, 2.75) is 66.3 Å². The van der Waals surface area contributed by atoms with Crippen LogP contribution in [-0.4, -0.2) is 23.5 Å². The molecule has 2 atom stereocenters. The third-order valence-corrected chi connectivity index (χ3v) is 5.01. The Morgan fingerprint density at radius 3 is 2.67 bits per heavy atom. The van der Waals surface area contributed by atoms with Crippen LogP contribution in [0, 0.1) is 11.3 Å². The number of thioether (sulfide) groups is 1. The molecule has 106 valence electrons. The first kappa shape index (κ1) is 15.9. The van der Waals surface area contributed by atoms with E-state index in [1.54, 1.807) is 0 Å².